The number of hydrogen-bond donors (Lipinski definition) is 1. The first kappa shape index (κ1) is 17.1. The minimum absolute atomic E-state index is 0.104. The highest BCUT2D eigenvalue weighted by atomic mass is 32.2. The number of nitrogens with zero attached hydrogens (tertiary/aromatic N) is 3. The van der Waals surface area contributed by atoms with Gasteiger partial charge in [-0.3, -0.25) is 4.99 Å². The zero-order valence-corrected chi connectivity index (χ0v) is 15.7. The zero-order valence-electron chi connectivity index (χ0n) is 14.9. The molecular formula is C20H22N4OS. The van der Waals surface area contributed by atoms with E-state index in [4.69, 9.17) is 9.72 Å². The van der Waals surface area contributed by atoms with Crippen molar-refractivity contribution in [3.05, 3.63) is 53.6 Å². The quantitative estimate of drug-likeness (QED) is 0.827. The molecule has 0 fully saturated rings. The van der Waals surface area contributed by atoms with Crippen molar-refractivity contribution >= 4 is 35.3 Å². The van der Waals surface area contributed by atoms with Gasteiger partial charge in [0.2, 0.25) is 0 Å². The van der Waals surface area contributed by atoms with Crippen molar-refractivity contribution in [2.24, 2.45) is 10.9 Å². The second kappa shape index (κ2) is 7.51. The Morgan fingerprint density at radius 3 is 2.96 bits per heavy atom. The van der Waals surface area contributed by atoms with Crippen LogP contribution in [-0.2, 0) is 4.74 Å². The van der Waals surface area contributed by atoms with Gasteiger partial charge in [0.25, 0.3) is 0 Å². The number of imidazole rings is 1. The van der Waals surface area contributed by atoms with E-state index < -0.39 is 0 Å². The monoisotopic (exact) mass is 366 g/mol. The van der Waals surface area contributed by atoms with Gasteiger partial charge in [0.1, 0.15) is 0 Å². The van der Waals surface area contributed by atoms with Crippen LogP contribution in [0.15, 0.2) is 53.0 Å². The topological polar surface area (TPSA) is 55.2 Å². The van der Waals surface area contributed by atoms with E-state index in [2.05, 4.69) is 52.1 Å². The number of fused-ring (bicyclic) bond motifs is 1. The predicted molar refractivity (Wildman–Crippen MR) is 107 cm³/mol. The molecule has 0 amide bonds. The molecule has 0 saturated heterocycles. The van der Waals surface area contributed by atoms with E-state index >= 15 is 0 Å². The fraction of sp³-hybridized carbons (Fsp3) is 0.300. The van der Waals surface area contributed by atoms with Crippen molar-refractivity contribution in [2.45, 2.75) is 24.6 Å². The Balaban J connectivity index is 1.53. The lowest BCUT2D eigenvalue weighted by Crippen LogP contribution is -2.29. The Morgan fingerprint density at radius 1 is 1.31 bits per heavy atom. The Morgan fingerprint density at radius 2 is 2.15 bits per heavy atom. The molecule has 1 aliphatic heterocycles. The Hall–Kier alpha value is -2.31. The second-order valence-corrected chi connectivity index (χ2v) is 7.35. The molecule has 3 heterocycles. The number of hydrogen-bond acceptors (Lipinski definition) is 4. The third-order valence-corrected chi connectivity index (χ3v) is 5.64. The summed E-state index contributed by atoms with van der Waals surface area (Å²) in [5, 5.41) is 2.99. The molecule has 1 aliphatic carbocycles. The van der Waals surface area contributed by atoms with Crippen LogP contribution in [0.3, 0.4) is 0 Å². The largest absolute Gasteiger partial charge is 0.377 e. The minimum atomic E-state index is 0.104. The van der Waals surface area contributed by atoms with Gasteiger partial charge in [-0.1, -0.05) is 30.8 Å². The maximum atomic E-state index is 5.49. The first-order chi connectivity index (χ1) is 12.7. The van der Waals surface area contributed by atoms with Crippen LogP contribution < -0.4 is 10.7 Å². The molecule has 0 bridgehead atoms. The van der Waals surface area contributed by atoms with Gasteiger partial charge >= 0.3 is 0 Å². The SMILES string of the molecule is COC1C=CN=C(CSc2nc3c([nH]2)=CC(n2cccc2)=CCC=3)C1C. The number of aromatic nitrogens is 3. The molecule has 2 unspecified atom stereocenters. The predicted octanol–water partition coefficient (Wildman–Crippen LogP) is 2.43. The summed E-state index contributed by atoms with van der Waals surface area (Å²) in [6, 6.07) is 4.07. The molecular weight excluding hydrogens is 344 g/mol. The molecule has 6 heteroatoms. The number of H-pyrrole nitrogens is 1. The van der Waals surface area contributed by atoms with E-state index in [1.54, 1.807) is 18.9 Å². The Labute approximate surface area is 156 Å². The van der Waals surface area contributed by atoms with Gasteiger partial charge in [-0.15, -0.1) is 0 Å². The van der Waals surface area contributed by atoms with Crippen molar-refractivity contribution in [2.75, 3.05) is 12.9 Å². The zero-order chi connectivity index (χ0) is 17.9. The average molecular weight is 366 g/mol. The molecule has 0 radical (unpaired) electrons. The molecule has 134 valence electrons. The number of allylic oxidation sites excluding steroid dienone is 2. The molecule has 2 aromatic rings. The Kier molecular flexibility index (Phi) is 4.95. The standard InChI is InChI=1S/C20H22N4OS/c1-14-18(21-9-8-19(14)25-2)13-26-20-22-16-7-5-6-15(12-17(16)23-20)24-10-3-4-11-24/h3-4,6-12,14,19H,5,13H2,1-2H3,(H,22,23). The third kappa shape index (κ3) is 3.48. The van der Waals surface area contributed by atoms with Crippen molar-refractivity contribution in [1.29, 1.82) is 0 Å². The lowest BCUT2D eigenvalue weighted by Gasteiger charge is -2.23. The van der Waals surface area contributed by atoms with E-state index in [9.17, 15) is 0 Å². The van der Waals surface area contributed by atoms with Gasteiger partial charge in [0.15, 0.2) is 5.16 Å². The van der Waals surface area contributed by atoms with E-state index in [-0.39, 0.29) is 12.0 Å². The molecule has 0 aromatic carbocycles. The van der Waals surface area contributed by atoms with Crippen LogP contribution >= 0.6 is 11.8 Å². The summed E-state index contributed by atoms with van der Waals surface area (Å²) in [5.74, 6) is 1.09. The molecule has 0 saturated carbocycles. The van der Waals surface area contributed by atoms with Gasteiger partial charge in [-0.25, -0.2) is 4.98 Å². The van der Waals surface area contributed by atoms with Crippen molar-refractivity contribution in [3.8, 4) is 0 Å². The van der Waals surface area contributed by atoms with E-state index in [0.717, 1.165) is 39.4 Å². The van der Waals surface area contributed by atoms with Gasteiger partial charge in [0, 0.05) is 48.8 Å². The van der Waals surface area contributed by atoms with Crippen LogP contribution in [0.1, 0.15) is 13.3 Å². The summed E-state index contributed by atoms with van der Waals surface area (Å²) in [4.78, 5) is 12.7. The van der Waals surface area contributed by atoms with Crippen LogP contribution in [0.5, 0.6) is 0 Å². The lowest BCUT2D eigenvalue weighted by molar-refractivity contribution is 0.117. The van der Waals surface area contributed by atoms with Crippen LogP contribution in [0.2, 0.25) is 0 Å². The maximum absolute atomic E-state index is 5.49. The normalized spacial score (nSPS) is 21.9. The van der Waals surface area contributed by atoms with Gasteiger partial charge in [-0.2, -0.15) is 0 Å². The third-order valence-electron chi connectivity index (χ3n) is 4.74. The van der Waals surface area contributed by atoms with Crippen molar-refractivity contribution in [1.82, 2.24) is 14.5 Å². The molecule has 4 rings (SSSR count). The smallest absolute Gasteiger partial charge is 0.166 e. The van der Waals surface area contributed by atoms with Crippen molar-refractivity contribution < 1.29 is 4.74 Å². The highest BCUT2D eigenvalue weighted by Crippen LogP contribution is 2.20. The van der Waals surface area contributed by atoms with E-state index in [1.165, 1.54) is 0 Å². The summed E-state index contributed by atoms with van der Waals surface area (Å²) in [6.45, 7) is 2.16. The van der Waals surface area contributed by atoms with Gasteiger partial charge < -0.3 is 14.3 Å². The Bertz CT molecular complexity index is 982. The first-order valence-corrected chi connectivity index (χ1v) is 9.73. The number of nitrogens with one attached hydrogen (secondary N) is 1. The van der Waals surface area contributed by atoms with Crippen LogP contribution in [-0.4, -0.2) is 39.2 Å². The fourth-order valence-corrected chi connectivity index (χ4v) is 4.15. The number of thioether (sulfide) groups is 1. The molecule has 5 nitrogen and oxygen atoms in total. The molecule has 2 aliphatic rings. The second-order valence-electron chi connectivity index (χ2n) is 6.38. The minimum Gasteiger partial charge on any atom is -0.377 e. The van der Waals surface area contributed by atoms with Crippen molar-refractivity contribution in [3.63, 3.8) is 0 Å². The first-order valence-electron chi connectivity index (χ1n) is 8.75. The maximum Gasteiger partial charge on any atom is 0.166 e. The number of ether oxygens (including phenoxy) is 1. The van der Waals surface area contributed by atoms with Gasteiger partial charge in [-0.05, 0) is 30.7 Å². The van der Waals surface area contributed by atoms with E-state index in [1.807, 2.05) is 24.4 Å². The average Bonchev–Trinajstić information content (AvgIpc) is 3.27. The number of aromatic amines is 1. The van der Waals surface area contributed by atoms with Crippen LogP contribution in [0.4, 0.5) is 0 Å². The lowest BCUT2D eigenvalue weighted by atomic mass is 9.98. The summed E-state index contributed by atoms with van der Waals surface area (Å²) in [6.07, 6.45) is 15.5. The van der Waals surface area contributed by atoms with E-state index in [0.29, 0.717) is 0 Å². The van der Waals surface area contributed by atoms with Crippen LogP contribution in [0.25, 0.3) is 17.8 Å². The molecule has 26 heavy (non-hydrogen) atoms. The fourth-order valence-electron chi connectivity index (χ4n) is 3.19. The summed E-state index contributed by atoms with van der Waals surface area (Å²) in [7, 11) is 1.74. The highest BCUT2D eigenvalue weighted by Gasteiger charge is 2.22. The molecule has 0 spiro atoms. The summed E-state index contributed by atoms with van der Waals surface area (Å²) >= 11 is 1.69. The van der Waals surface area contributed by atoms with Crippen LogP contribution in [0, 0.1) is 5.92 Å². The highest BCUT2D eigenvalue weighted by molar-refractivity contribution is 7.99. The number of aliphatic imine (C=N–C) groups is 1. The molecule has 1 N–H and O–H groups in total. The number of methoxy groups -OCH3 is 1. The summed E-state index contributed by atoms with van der Waals surface area (Å²) < 4.78 is 7.61. The van der Waals surface area contributed by atoms with Gasteiger partial charge in [0.05, 0.1) is 16.8 Å². The molecule has 2 atom stereocenters. The summed E-state index contributed by atoms with van der Waals surface area (Å²) in [5.41, 5.74) is 2.29. The molecule has 2 aromatic heterocycles. The number of rotatable bonds is 5.